The molecular formula is C22H34N2O2. The van der Waals surface area contributed by atoms with Gasteiger partial charge >= 0.3 is 0 Å². The molecule has 0 bridgehead atoms. The highest BCUT2D eigenvalue weighted by molar-refractivity contribution is 5.80. The first-order chi connectivity index (χ1) is 12.2. The van der Waals surface area contributed by atoms with Crippen molar-refractivity contribution >= 4 is 11.6 Å². The van der Waals surface area contributed by atoms with E-state index in [0.717, 1.165) is 43.7 Å². The van der Waals surface area contributed by atoms with E-state index in [4.69, 9.17) is 4.74 Å². The Kier molecular flexibility index (Phi) is 6.38. The molecule has 144 valence electrons. The lowest BCUT2D eigenvalue weighted by atomic mass is 9.97. The maximum atomic E-state index is 11.8. The topological polar surface area (TPSA) is 41.6 Å². The summed E-state index contributed by atoms with van der Waals surface area (Å²) in [6.45, 7) is 16.5. The third kappa shape index (κ3) is 4.60. The Bertz CT molecular complexity index is 679. The van der Waals surface area contributed by atoms with E-state index in [1.807, 2.05) is 6.92 Å². The van der Waals surface area contributed by atoms with Gasteiger partial charge in [-0.15, -0.1) is 0 Å². The van der Waals surface area contributed by atoms with Crippen molar-refractivity contribution in [1.82, 2.24) is 5.32 Å². The van der Waals surface area contributed by atoms with Crippen molar-refractivity contribution in [2.75, 3.05) is 25.0 Å². The lowest BCUT2D eigenvalue weighted by molar-refractivity contribution is -0.122. The van der Waals surface area contributed by atoms with Crippen LogP contribution in [0, 0.1) is 12.8 Å². The molecule has 26 heavy (non-hydrogen) atoms. The van der Waals surface area contributed by atoms with Gasteiger partial charge in [-0.25, -0.2) is 0 Å². The molecule has 1 N–H and O–H groups in total. The van der Waals surface area contributed by atoms with E-state index in [1.54, 1.807) is 7.05 Å². The van der Waals surface area contributed by atoms with E-state index in [-0.39, 0.29) is 17.4 Å². The number of hydrogen-bond acceptors (Lipinski definition) is 3. The molecule has 1 aliphatic rings. The van der Waals surface area contributed by atoms with Crippen LogP contribution in [0.4, 0.5) is 5.69 Å². The minimum absolute atomic E-state index is 0.0291. The lowest BCUT2D eigenvalue weighted by Gasteiger charge is -2.28. The van der Waals surface area contributed by atoms with Gasteiger partial charge in [-0.2, -0.15) is 0 Å². The predicted molar refractivity (Wildman–Crippen MR) is 109 cm³/mol. The number of nitrogens with one attached hydrogen (secondary N) is 1. The highest BCUT2D eigenvalue weighted by atomic mass is 16.5. The van der Waals surface area contributed by atoms with Crippen LogP contribution in [0.5, 0.6) is 5.75 Å². The van der Waals surface area contributed by atoms with Gasteiger partial charge in [0, 0.05) is 38.3 Å². The summed E-state index contributed by atoms with van der Waals surface area (Å²) in [5.41, 5.74) is 4.65. The second-order valence-corrected chi connectivity index (χ2v) is 8.02. The maximum Gasteiger partial charge on any atom is 0.226 e. The smallest absolute Gasteiger partial charge is 0.226 e. The maximum absolute atomic E-state index is 11.8. The zero-order valence-corrected chi connectivity index (χ0v) is 17.2. The van der Waals surface area contributed by atoms with Crippen molar-refractivity contribution in [2.24, 2.45) is 5.92 Å². The average molecular weight is 359 g/mol. The van der Waals surface area contributed by atoms with Crippen LogP contribution < -0.4 is 15.0 Å². The second kappa shape index (κ2) is 8.15. The number of fused-ring (bicyclic) bond motifs is 1. The predicted octanol–water partition coefficient (Wildman–Crippen LogP) is 4.25. The summed E-state index contributed by atoms with van der Waals surface area (Å²) in [7, 11) is 1.67. The van der Waals surface area contributed by atoms with Crippen LogP contribution in [-0.4, -0.2) is 31.6 Å². The average Bonchev–Trinajstić information content (AvgIpc) is 2.88. The van der Waals surface area contributed by atoms with E-state index in [0.29, 0.717) is 0 Å². The van der Waals surface area contributed by atoms with E-state index in [2.05, 4.69) is 56.6 Å². The SMILES string of the molecule is C=C(CCN(CCC)c1cc2c(cc1C)CC(C)(C)O2)[C@H](C)C(=O)NC. The quantitative estimate of drug-likeness (QED) is 0.706. The molecule has 2 rings (SSSR count). The van der Waals surface area contributed by atoms with Gasteiger partial charge in [-0.3, -0.25) is 4.79 Å². The fraction of sp³-hybridized carbons (Fsp3) is 0.591. The van der Waals surface area contributed by atoms with Crippen LogP contribution in [0.25, 0.3) is 0 Å². The molecule has 4 nitrogen and oxygen atoms in total. The number of ether oxygens (including phenoxy) is 1. The Labute approximate surface area is 158 Å². The Morgan fingerprint density at radius 2 is 2.08 bits per heavy atom. The zero-order chi connectivity index (χ0) is 19.5. The molecule has 0 radical (unpaired) electrons. The molecule has 0 aliphatic carbocycles. The van der Waals surface area contributed by atoms with Crippen molar-refractivity contribution < 1.29 is 9.53 Å². The van der Waals surface area contributed by atoms with E-state index < -0.39 is 0 Å². The lowest BCUT2D eigenvalue weighted by Crippen LogP contribution is -2.30. The molecule has 1 aromatic rings. The number of carbonyl (C=O) groups excluding carboxylic acids is 1. The van der Waals surface area contributed by atoms with Crippen LogP contribution in [-0.2, 0) is 11.2 Å². The minimum atomic E-state index is -0.159. The van der Waals surface area contributed by atoms with E-state index in [9.17, 15) is 4.79 Å². The molecule has 1 heterocycles. The molecule has 1 aliphatic heterocycles. The second-order valence-electron chi connectivity index (χ2n) is 8.02. The Morgan fingerprint density at radius 3 is 2.69 bits per heavy atom. The largest absolute Gasteiger partial charge is 0.487 e. The number of carbonyl (C=O) groups is 1. The number of amides is 1. The summed E-state index contributed by atoms with van der Waals surface area (Å²) < 4.78 is 6.13. The number of aryl methyl sites for hydroxylation is 1. The Hall–Kier alpha value is -1.97. The number of hydrogen-bond donors (Lipinski definition) is 1. The molecule has 0 fully saturated rings. The number of anilines is 1. The summed E-state index contributed by atoms with van der Waals surface area (Å²) in [4.78, 5) is 14.2. The number of benzene rings is 1. The summed E-state index contributed by atoms with van der Waals surface area (Å²) in [6.07, 6.45) is 2.83. The summed E-state index contributed by atoms with van der Waals surface area (Å²) >= 11 is 0. The van der Waals surface area contributed by atoms with Gasteiger partial charge in [-0.1, -0.05) is 25.1 Å². The Morgan fingerprint density at radius 1 is 1.38 bits per heavy atom. The highest BCUT2D eigenvalue weighted by Crippen LogP contribution is 2.39. The molecule has 1 atom stereocenters. The van der Waals surface area contributed by atoms with E-state index >= 15 is 0 Å². The van der Waals surface area contributed by atoms with Gasteiger partial charge in [0.15, 0.2) is 0 Å². The van der Waals surface area contributed by atoms with Gasteiger partial charge in [0.25, 0.3) is 0 Å². The van der Waals surface area contributed by atoms with Crippen molar-refractivity contribution in [3.05, 3.63) is 35.4 Å². The van der Waals surface area contributed by atoms with Crippen LogP contribution in [0.2, 0.25) is 0 Å². The molecule has 0 aromatic heterocycles. The molecule has 0 unspecified atom stereocenters. The summed E-state index contributed by atoms with van der Waals surface area (Å²) in [6, 6.07) is 4.46. The van der Waals surface area contributed by atoms with Gasteiger partial charge in [0.2, 0.25) is 5.91 Å². The monoisotopic (exact) mass is 358 g/mol. The molecular weight excluding hydrogens is 324 g/mol. The molecule has 0 spiro atoms. The molecule has 0 saturated heterocycles. The van der Waals surface area contributed by atoms with E-state index in [1.165, 1.54) is 16.8 Å². The third-order valence-corrected chi connectivity index (χ3v) is 5.17. The van der Waals surface area contributed by atoms with Gasteiger partial charge in [0.1, 0.15) is 11.4 Å². The first kappa shape index (κ1) is 20.3. The van der Waals surface area contributed by atoms with Crippen LogP contribution >= 0.6 is 0 Å². The third-order valence-electron chi connectivity index (χ3n) is 5.17. The minimum Gasteiger partial charge on any atom is -0.487 e. The van der Waals surface area contributed by atoms with Crippen molar-refractivity contribution in [2.45, 2.75) is 59.5 Å². The normalized spacial score (nSPS) is 15.8. The number of nitrogens with zero attached hydrogens (tertiary/aromatic N) is 1. The summed E-state index contributed by atoms with van der Waals surface area (Å²) in [5, 5.41) is 2.71. The van der Waals surface area contributed by atoms with Crippen LogP contribution in [0.1, 0.15) is 51.7 Å². The fourth-order valence-corrected chi connectivity index (χ4v) is 3.62. The van der Waals surface area contributed by atoms with Crippen LogP contribution in [0.3, 0.4) is 0 Å². The molecule has 1 amide bonds. The van der Waals surface area contributed by atoms with Gasteiger partial charge in [0.05, 0.1) is 5.92 Å². The summed E-state index contributed by atoms with van der Waals surface area (Å²) in [5.74, 6) is 0.879. The van der Waals surface area contributed by atoms with Crippen molar-refractivity contribution in [3.8, 4) is 5.75 Å². The Balaban J connectivity index is 2.15. The molecule has 1 aromatic carbocycles. The first-order valence-corrected chi connectivity index (χ1v) is 9.65. The van der Waals surface area contributed by atoms with Gasteiger partial charge in [-0.05, 0) is 51.7 Å². The highest BCUT2D eigenvalue weighted by Gasteiger charge is 2.31. The van der Waals surface area contributed by atoms with Crippen molar-refractivity contribution in [3.63, 3.8) is 0 Å². The van der Waals surface area contributed by atoms with Gasteiger partial charge < -0.3 is 15.0 Å². The molecule has 0 saturated carbocycles. The standard InChI is InChI=1S/C22H34N2O2/c1-8-10-24(11-9-15(2)17(4)21(25)23-7)19-13-20-18(12-16(19)3)14-22(5,6)26-20/h12-13,17H,2,8-11,14H2,1,3-7H3,(H,23,25)/t17-/m0/s1. The first-order valence-electron chi connectivity index (χ1n) is 9.65. The van der Waals surface area contributed by atoms with Crippen molar-refractivity contribution in [1.29, 1.82) is 0 Å². The molecule has 4 heteroatoms. The van der Waals surface area contributed by atoms with Crippen LogP contribution in [0.15, 0.2) is 24.3 Å². The number of rotatable bonds is 8. The zero-order valence-electron chi connectivity index (χ0n) is 17.2. The fourth-order valence-electron chi connectivity index (χ4n) is 3.62.